The Balaban J connectivity index is 2.30. The highest BCUT2D eigenvalue weighted by Gasteiger charge is 2.23. The van der Waals surface area contributed by atoms with E-state index in [1.807, 2.05) is 0 Å². The summed E-state index contributed by atoms with van der Waals surface area (Å²) in [5.41, 5.74) is 6.44. The molecule has 0 aromatic carbocycles. The Hall–Kier alpha value is -0.0800. The predicted octanol–water partition coefficient (Wildman–Crippen LogP) is 2.48. The topological polar surface area (TPSA) is 29.3 Å². The molecule has 1 fully saturated rings. The molecule has 15 heavy (non-hydrogen) atoms. The zero-order chi connectivity index (χ0) is 11.5. The maximum atomic E-state index is 5.98. The molecule has 0 aromatic rings. The van der Waals surface area contributed by atoms with E-state index in [1.165, 1.54) is 38.9 Å². The standard InChI is InChI=1S/C13H28N2/c1-11(14)12-6-5-8-15(10-12)9-7-13(2,3)4/h11-12H,5-10,14H2,1-4H3. The molecule has 0 bridgehead atoms. The summed E-state index contributed by atoms with van der Waals surface area (Å²) in [6.45, 7) is 12.8. The smallest absolute Gasteiger partial charge is 0.00509 e. The molecule has 0 aromatic heterocycles. The zero-order valence-electron chi connectivity index (χ0n) is 10.9. The van der Waals surface area contributed by atoms with E-state index in [0.29, 0.717) is 11.5 Å². The summed E-state index contributed by atoms with van der Waals surface area (Å²) in [5.74, 6) is 0.721. The number of hydrogen-bond donors (Lipinski definition) is 1. The number of nitrogens with two attached hydrogens (primary N) is 1. The van der Waals surface area contributed by atoms with Crippen molar-refractivity contribution in [1.29, 1.82) is 0 Å². The fraction of sp³-hybridized carbons (Fsp3) is 1.00. The highest BCUT2D eigenvalue weighted by atomic mass is 15.1. The van der Waals surface area contributed by atoms with Crippen LogP contribution in [0.15, 0.2) is 0 Å². The number of piperidine rings is 1. The van der Waals surface area contributed by atoms with Crippen LogP contribution in [0.2, 0.25) is 0 Å². The van der Waals surface area contributed by atoms with E-state index in [2.05, 4.69) is 32.6 Å². The summed E-state index contributed by atoms with van der Waals surface area (Å²) in [6, 6.07) is 0.363. The first-order valence-electron chi connectivity index (χ1n) is 6.36. The van der Waals surface area contributed by atoms with E-state index in [0.717, 1.165) is 5.92 Å². The van der Waals surface area contributed by atoms with Gasteiger partial charge in [-0.2, -0.15) is 0 Å². The molecule has 90 valence electrons. The number of likely N-dealkylation sites (tertiary alicyclic amines) is 1. The Bertz CT molecular complexity index is 181. The van der Waals surface area contributed by atoms with Gasteiger partial charge in [-0.25, -0.2) is 0 Å². The molecule has 1 saturated heterocycles. The lowest BCUT2D eigenvalue weighted by atomic mass is 9.89. The van der Waals surface area contributed by atoms with Crippen LogP contribution < -0.4 is 5.73 Å². The molecule has 0 amide bonds. The molecule has 1 aliphatic rings. The third kappa shape index (κ3) is 4.98. The van der Waals surface area contributed by atoms with Crippen LogP contribution in [-0.4, -0.2) is 30.6 Å². The third-order valence-electron chi connectivity index (χ3n) is 3.46. The first kappa shape index (κ1) is 13.0. The van der Waals surface area contributed by atoms with Crippen molar-refractivity contribution in [2.24, 2.45) is 17.1 Å². The normalized spacial score (nSPS) is 26.6. The Morgan fingerprint density at radius 3 is 2.60 bits per heavy atom. The van der Waals surface area contributed by atoms with Crippen LogP contribution in [0.5, 0.6) is 0 Å². The SMILES string of the molecule is CC(N)C1CCCN(CCC(C)(C)C)C1. The molecule has 1 aliphatic heterocycles. The van der Waals surface area contributed by atoms with E-state index in [-0.39, 0.29) is 0 Å². The van der Waals surface area contributed by atoms with Gasteiger partial charge in [0, 0.05) is 12.6 Å². The van der Waals surface area contributed by atoms with Gasteiger partial charge >= 0.3 is 0 Å². The van der Waals surface area contributed by atoms with Gasteiger partial charge in [-0.05, 0) is 50.6 Å². The van der Waals surface area contributed by atoms with Gasteiger partial charge < -0.3 is 10.6 Å². The molecule has 2 heteroatoms. The van der Waals surface area contributed by atoms with Gasteiger partial charge in [0.1, 0.15) is 0 Å². The largest absolute Gasteiger partial charge is 0.328 e. The van der Waals surface area contributed by atoms with E-state index < -0.39 is 0 Å². The van der Waals surface area contributed by atoms with Gasteiger partial charge in [0.05, 0.1) is 0 Å². The first-order valence-corrected chi connectivity index (χ1v) is 6.36. The third-order valence-corrected chi connectivity index (χ3v) is 3.46. The van der Waals surface area contributed by atoms with Gasteiger partial charge in [0.25, 0.3) is 0 Å². The first-order chi connectivity index (χ1) is 6.88. The van der Waals surface area contributed by atoms with Crippen LogP contribution in [0.1, 0.15) is 47.0 Å². The average molecular weight is 212 g/mol. The average Bonchev–Trinajstić information content (AvgIpc) is 2.14. The lowest BCUT2D eigenvalue weighted by Gasteiger charge is -2.36. The highest BCUT2D eigenvalue weighted by molar-refractivity contribution is 4.79. The van der Waals surface area contributed by atoms with Crippen LogP contribution in [0.4, 0.5) is 0 Å². The van der Waals surface area contributed by atoms with E-state index >= 15 is 0 Å². The van der Waals surface area contributed by atoms with E-state index in [1.54, 1.807) is 0 Å². The summed E-state index contributed by atoms with van der Waals surface area (Å²) in [4.78, 5) is 2.60. The number of nitrogens with zero attached hydrogens (tertiary/aromatic N) is 1. The van der Waals surface area contributed by atoms with Crippen molar-refractivity contribution >= 4 is 0 Å². The molecule has 1 rings (SSSR count). The Labute approximate surface area is 95.2 Å². The van der Waals surface area contributed by atoms with Gasteiger partial charge in [-0.1, -0.05) is 20.8 Å². The van der Waals surface area contributed by atoms with Crippen molar-refractivity contribution in [1.82, 2.24) is 4.90 Å². The summed E-state index contributed by atoms with van der Waals surface area (Å²) >= 11 is 0. The van der Waals surface area contributed by atoms with Crippen LogP contribution in [0.25, 0.3) is 0 Å². The summed E-state index contributed by atoms with van der Waals surface area (Å²) in [6.07, 6.45) is 3.94. The van der Waals surface area contributed by atoms with Gasteiger partial charge in [0.15, 0.2) is 0 Å². The number of hydrogen-bond acceptors (Lipinski definition) is 2. The predicted molar refractivity (Wildman–Crippen MR) is 66.9 cm³/mol. The Morgan fingerprint density at radius 1 is 1.40 bits per heavy atom. The van der Waals surface area contributed by atoms with Crippen molar-refractivity contribution in [2.45, 2.75) is 53.0 Å². The summed E-state index contributed by atoms with van der Waals surface area (Å²) in [5, 5.41) is 0. The fourth-order valence-corrected chi connectivity index (χ4v) is 2.22. The molecular formula is C13H28N2. The van der Waals surface area contributed by atoms with Crippen molar-refractivity contribution in [3.63, 3.8) is 0 Å². The van der Waals surface area contributed by atoms with Crippen LogP contribution in [-0.2, 0) is 0 Å². The Morgan fingerprint density at radius 2 is 2.07 bits per heavy atom. The maximum absolute atomic E-state index is 5.98. The molecule has 0 saturated carbocycles. The van der Waals surface area contributed by atoms with Gasteiger partial charge in [-0.15, -0.1) is 0 Å². The lowest BCUT2D eigenvalue weighted by molar-refractivity contribution is 0.144. The second-order valence-electron chi connectivity index (χ2n) is 6.37. The van der Waals surface area contributed by atoms with Crippen molar-refractivity contribution < 1.29 is 0 Å². The minimum atomic E-state index is 0.363. The second-order valence-corrected chi connectivity index (χ2v) is 6.37. The minimum Gasteiger partial charge on any atom is -0.328 e. The Kier molecular flexibility index (Phi) is 4.60. The molecular weight excluding hydrogens is 184 g/mol. The molecule has 0 spiro atoms. The molecule has 0 aliphatic carbocycles. The molecule has 1 heterocycles. The molecule has 2 atom stereocenters. The monoisotopic (exact) mass is 212 g/mol. The minimum absolute atomic E-state index is 0.363. The molecule has 2 unspecified atom stereocenters. The zero-order valence-corrected chi connectivity index (χ0v) is 10.9. The molecule has 0 radical (unpaired) electrons. The van der Waals surface area contributed by atoms with Crippen LogP contribution >= 0.6 is 0 Å². The highest BCUT2D eigenvalue weighted by Crippen LogP contribution is 2.23. The fourth-order valence-electron chi connectivity index (χ4n) is 2.22. The van der Waals surface area contributed by atoms with Crippen molar-refractivity contribution in [3.8, 4) is 0 Å². The summed E-state index contributed by atoms with van der Waals surface area (Å²) in [7, 11) is 0. The van der Waals surface area contributed by atoms with Crippen molar-refractivity contribution in [3.05, 3.63) is 0 Å². The van der Waals surface area contributed by atoms with E-state index in [9.17, 15) is 0 Å². The van der Waals surface area contributed by atoms with E-state index in [4.69, 9.17) is 5.73 Å². The summed E-state index contributed by atoms with van der Waals surface area (Å²) < 4.78 is 0. The molecule has 2 nitrogen and oxygen atoms in total. The van der Waals surface area contributed by atoms with Gasteiger partial charge in [0.2, 0.25) is 0 Å². The van der Waals surface area contributed by atoms with Crippen LogP contribution in [0.3, 0.4) is 0 Å². The lowest BCUT2D eigenvalue weighted by Crippen LogP contribution is -2.43. The van der Waals surface area contributed by atoms with Crippen molar-refractivity contribution in [2.75, 3.05) is 19.6 Å². The van der Waals surface area contributed by atoms with Gasteiger partial charge in [-0.3, -0.25) is 0 Å². The molecule has 2 N–H and O–H groups in total. The quantitative estimate of drug-likeness (QED) is 0.779. The second kappa shape index (κ2) is 5.31. The maximum Gasteiger partial charge on any atom is 0.00509 e. The van der Waals surface area contributed by atoms with Crippen LogP contribution in [0, 0.1) is 11.3 Å². The number of rotatable bonds is 3.